The van der Waals surface area contributed by atoms with Crippen molar-refractivity contribution in [2.24, 2.45) is 0 Å². The van der Waals surface area contributed by atoms with Gasteiger partial charge in [0, 0.05) is 41.3 Å². The molecule has 0 saturated carbocycles. The van der Waals surface area contributed by atoms with Crippen molar-refractivity contribution in [2.45, 2.75) is 45.7 Å². The summed E-state index contributed by atoms with van der Waals surface area (Å²) in [4.78, 5) is 46.5. The van der Waals surface area contributed by atoms with Gasteiger partial charge in [0.1, 0.15) is 0 Å². The lowest BCUT2D eigenvalue weighted by atomic mass is 10.2. The molecule has 0 bridgehead atoms. The van der Waals surface area contributed by atoms with Gasteiger partial charge >= 0.3 is 18.0 Å². The smallest absolute Gasteiger partial charge is 0.356 e. The Balaban J connectivity index is 2.29. The van der Waals surface area contributed by atoms with Gasteiger partial charge in [0.2, 0.25) is 0 Å². The Morgan fingerprint density at radius 1 is 1.03 bits per heavy atom. The van der Waals surface area contributed by atoms with E-state index in [-0.39, 0.29) is 18.1 Å². The van der Waals surface area contributed by atoms with Crippen molar-refractivity contribution < 1.29 is 28.2 Å². The van der Waals surface area contributed by atoms with Gasteiger partial charge in [0.05, 0.1) is 12.3 Å². The Morgan fingerprint density at radius 3 is 2.27 bits per heavy atom. The van der Waals surface area contributed by atoms with Crippen LogP contribution < -0.4 is 0 Å². The van der Waals surface area contributed by atoms with Gasteiger partial charge in [-0.15, -0.1) is 0 Å². The van der Waals surface area contributed by atoms with Crippen molar-refractivity contribution in [3.8, 4) is 0 Å². The number of likely N-dealkylation sites (N-methyl/N-ethyl adjacent to an activating group) is 1. The highest BCUT2D eigenvalue weighted by Crippen LogP contribution is 2.17. The second-order valence-electron chi connectivity index (χ2n) is 7.78. The van der Waals surface area contributed by atoms with E-state index in [1.165, 1.54) is 4.90 Å². The number of rotatable bonds is 10. The summed E-state index contributed by atoms with van der Waals surface area (Å²) >= 11 is 0. The van der Waals surface area contributed by atoms with Crippen molar-refractivity contribution in [3.05, 3.63) is 48.0 Å². The summed E-state index contributed by atoms with van der Waals surface area (Å²) in [5.74, 6) is -1.49. The number of ether oxygens (including phenoxy) is 1. The van der Waals surface area contributed by atoms with E-state index in [0.29, 0.717) is 6.54 Å². The third-order valence-corrected chi connectivity index (χ3v) is 6.43. The molecule has 182 valence electrons. The van der Waals surface area contributed by atoms with Gasteiger partial charge < -0.3 is 14.5 Å². The normalized spacial score (nSPS) is 19.5. The molecule has 9 nitrogen and oxygen atoms in total. The third kappa shape index (κ3) is 8.29. The highest BCUT2D eigenvalue weighted by Gasteiger charge is 2.36. The van der Waals surface area contributed by atoms with E-state index in [9.17, 15) is 18.6 Å². The Bertz CT molecular complexity index is 857. The monoisotopic (exact) mass is 479 g/mol. The quantitative estimate of drug-likeness (QED) is 0.475. The average molecular weight is 480 g/mol. The summed E-state index contributed by atoms with van der Waals surface area (Å²) in [5, 5.41) is 0.983. The maximum Gasteiger partial charge on any atom is 0.356 e. The average Bonchev–Trinajstić information content (AvgIpc) is 2.77. The van der Waals surface area contributed by atoms with E-state index >= 15 is 0 Å². The Labute approximate surface area is 197 Å². The van der Waals surface area contributed by atoms with Gasteiger partial charge in [0.25, 0.3) is 0 Å². The molecule has 0 fully saturated rings. The number of urea groups is 1. The number of nitrogens with zero attached hydrogens (tertiary/aromatic N) is 3. The molecule has 1 aliphatic rings. The number of cyclic esters (lactones) is 1. The first kappa shape index (κ1) is 26.5. The zero-order valence-corrected chi connectivity index (χ0v) is 20.5. The molecule has 2 rings (SSSR count). The van der Waals surface area contributed by atoms with Crippen LogP contribution in [0.5, 0.6) is 0 Å². The second kappa shape index (κ2) is 13.1. The standard InChI is InChI=1S/C23H33N3O6S/c1-5-24(6-2)14-15-25-23(29)26(18(3)4)20(31-21(27)12-13-22(28)32-25)17-33(30)16-19-10-8-7-9-11-19/h7-13,18,20H,5-6,14-17H2,1-4H3/b13-12-. The van der Waals surface area contributed by atoms with E-state index in [4.69, 9.17) is 9.57 Å². The first-order valence-electron chi connectivity index (χ1n) is 11.1. The van der Waals surface area contributed by atoms with Crippen LogP contribution in [-0.2, 0) is 35.7 Å². The SMILES string of the molecule is CCN(CC)CCN1OC(=O)/C=C\C(=O)OC(CS(=O)Cc2ccccc2)N(C(C)C)C1=O. The minimum Gasteiger partial charge on any atom is -0.437 e. The first-order chi connectivity index (χ1) is 15.7. The van der Waals surface area contributed by atoms with E-state index < -0.39 is 41.0 Å². The number of hydrogen-bond acceptors (Lipinski definition) is 7. The number of hydrogen-bond donors (Lipinski definition) is 0. The van der Waals surface area contributed by atoms with Crippen LogP contribution in [0.1, 0.15) is 33.3 Å². The van der Waals surface area contributed by atoms with Gasteiger partial charge in [-0.1, -0.05) is 44.2 Å². The molecule has 33 heavy (non-hydrogen) atoms. The summed E-state index contributed by atoms with van der Waals surface area (Å²) < 4.78 is 18.4. The summed E-state index contributed by atoms with van der Waals surface area (Å²) in [6, 6.07) is 8.26. The lowest BCUT2D eigenvalue weighted by Crippen LogP contribution is -2.56. The minimum atomic E-state index is -1.42. The Hall–Kier alpha value is -2.72. The van der Waals surface area contributed by atoms with Crippen LogP contribution in [0.25, 0.3) is 0 Å². The molecule has 2 amide bonds. The van der Waals surface area contributed by atoms with Crippen LogP contribution in [0.4, 0.5) is 4.79 Å². The van der Waals surface area contributed by atoms with E-state index in [0.717, 1.165) is 35.9 Å². The van der Waals surface area contributed by atoms with Crippen molar-refractivity contribution in [1.82, 2.24) is 14.9 Å². The molecule has 1 heterocycles. The molecule has 10 heteroatoms. The molecular formula is C23H33N3O6S. The lowest BCUT2D eigenvalue weighted by Gasteiger charge is -2.37. The zero-order valence-electron chi connectivity index (χ0n) is 19.6. The van der Waals surface area contributed by atoms with Crippen LogP contribution in [0, 0.1) is 0 Å². The predicted octanol–water partition coefficient (Wildman–Crippen LogP) is 2.31. The highest BCUT2D eigenvalue weighted by atomic mass is 32.2. The van der Waals surface area contributed by atoms with Crippen molar-refractivity contribution in [1.29, 1.82) is 0 Å². The molecule has 2 atom stereocenters. The van der Waals surface area contributed by atoms with Crippen molar-refractivity contribution >= 4 is 28.8 Å². The highest BCUT2D eigenvalue weighted by molar-refractivity contribution is 7.84. The fraction of sp³-hybridized carbons (Fsp3) is 0.522. The maximum atomic E-state index is 13.4. The van der Waals surface area contributed by atoms with Gasteiger partial charge in [-0.25, -0.2) is 14.4 Å². The topological polar surface area (TPSA) is 96.5 Å². The summed E-state index contributed by atoms with van der Waals surface area (Å²) in [5.41, 5.74) is 0.874. The van der Waals surface area contributed by atoms with Crippen LogP contribution >= 0.6 is 0 Å². The number of carbonyl (C=O) groups excluding carboxylic acids is 3. The number of esters is 1. The molecule has 0 saturated heterocycles. The molecule has 0 spiro atoms. The molecule has 2 unspecified atom stereocenters. The Morgan fingerprint density at radius 2 is 1.67 bits per heavy atom. The van der Waals surface area contributed by atoms with Gasteiger partial charge in [0.15, 0.2) is 6.23 Å². The Kier molecular flexibility index (Phi) is 10.5. The molecule has 0 radical (unpaired) electrons. The van der Waals surface area contributed by atoms with E-state index in [1.54, 1.807) is 13.8 Å². The molecule has 0 N–H and O–H groups in total. The fourth-order valence-corrected chi connectivity index (χ4v) is 4.58. The maximum absolute atomic E-state index is 13.4. The summed E-state index contributed by atoms with van der Waals surface area (Å²) in [6.07, 6.45) is 0.780. The number of hydroxylamine groups is 2. The van der Waals surface area contributed by atoms with Crippen LogP contribution in [0.15, 0.2) is 42.5 Å². The van der Waals surface area contributed by atoms with Crippen LogP contribution in [0.3, 0.4) is 0 Å². The van der Waals surface area contributed by atoms with Crippen LogP contribution in [0.2, 0.25) is 0 Å². The fourth-order valence-electron chi connectivity index (χ4n) is 3.36. The molecule has 0 aromatic heterocycles. The molecule has 1 aromatic rings. The summed E-state index contributed by atoms with van der Waals surface area (Å²) in [7, 11) is -1.42. The minimum absolute atomic E-state index is 0.0732. The van der Waals surface area contributed by atoms with Crippen LogP contribution in [-0.4, -0.2) is 81.2 Å². The second-order valence-corrected chi connectivity index (χ2v) is 9.29. The number of carbonyl (C=O) groups is 3. The van der Waals surface area contributed by atoms with Crippen molar-refractivity contribution in [3.63, 3.8) is 0 Å². The first-order valence-corrected chi connectivity index (χ1v) is 12.6. The number of benzene rings is 1. The molecule has 1 aliphatic heterocycles. The van der Waals surface area contributed by atoms with Gasteiger partial charge in [-0.3, -0.25) is 9.11 Å². The van der Waals surface area contributed by atoms with Crippen molar-refractivity contribution in [2.75, 3.05) is 31.9 Å². The van der Waals surface area contributed by atoms with Gasteiger partial charge in [-0.05, 0) is 32.5 Å². The lowest BCUT2D eigenvalue weighted by molar-refractivity contribution is -0.179. The van der Waals surface area contributed by atoms with E-state index in [1.807, 2.05) is 44.2 Å². The molecular weight excluding hydrogens is 446 g/mol. The van der Waals surface area contributed by atoms with Gasteiger partial charge in [-0.2, -0.15) is 5.06 Å². The largest absolute Gasteiger partial charge is 0.437 e. The predicted molar refractivity (Wildman–Crippen MR) is 125 cm³/mol. The zero-order chi connectivity index (χ0) is 24.4. The number of amides is 2. The summed E-state index contributed by atoms with van der Waals surface area (Å²) in [6.45, 7) is 9.69. The third-order valence-electron chi connectivity index (χ3n) is 5.12. The van der Waals surface area contributed by atoms with E-state index in [2.05, 4.69) is 4.90 Å². The molecule has 1 aromatic carbocycles. The molecule has 0 aliphatic carbocycles.